The Kier molecular flexibility index (Phi) is 4.80. The van der Waals surface area contributed by atoms with Crippen LogP contribution in [0.15, 0.2) is 51.4 Å². The van der Waals surface area contributed by atoms with Crippen LogP contribution in [0.25, 0.3) is 0 Å². The number of rotatable bonds is 4. The first kappa shape index (κ1) is 13.6. The molecule has 0 aliphatic heterocycles. The predicted molar refractivity (Wildman–Crippen MR) is 80.5 cm³/mol. The zero-order valence-electron chi connectivity index (χ0n) is 9.70. The van der Waals surface area contributed by atoms with Gasteiger partial charge in [-0.2, -0.15) is 0 Å². The van der Waals surface area contributed by atoms with E-state index < -0.39 is 0 Å². The van der Waals surface area contributed by atoms with Crippen molar-refractivity contribution in [2.45, 2.75) is 13.2 Å². The van der Waals surface area contributed by atoms with Crippen molar-refractivity contribution in [2.75, 3.05) is 0 Å². The summed E-state index contributed by atoms with van der Waals surface area (Å²) in [5, 5.41) is 0. The second-order valence-electron chi connectivity index (χ2n) is 3.89. The lowest BCUT2D eigenvalue weighted by molar-refractivity contribution is 0.304. The van der Waals surface area contributed by atoms with Crippen molar-refractivity contribution in [3.05, 3.63) is 62.5 Å². The average Bonchev–Trinajstić information content (AvgIpc) is 2.37. The second kappa shape index (κ2) is 6.36. The fourth-order valence-corrected chi connectivity index (χ4v) is 2.56. The van der Waals surface area contributed by atoms with Gasteiger partial charge < -0.3 is 10.5 Å². The minimum atomic E-state index is 0.532. The van der Waals surface area contributed by atoms with Crippen LogP contribution in [0.4, 0.5) is 0 Å². The summed E-state index contributed by atoms with van der Waals surface area (Å²) in [6.07, 6.45) is 0. The molecule has 0 saturated carbocycles. The van der Waals surface area contributed by atoms with Crippen molar-refractivity contribution in [1.82, 2.24) is 0 Å². The van der Waals surface area contributed by atoms with Gasteiger partial charge in [-0.25, -0.2) is 0 Å². The minimum Gasteiger partial charge on any atom is -0.488 e. The first-order chi connectivity index (χ1) is 8.69. The lowest BCUT2D eigenvalue weighted by atomic mass is 10.2. The zero-order chi connectivity index (χ0) is 13.0. The van der Waals surface area contributed by atoms with E-state index in [-0.39, 0.29) is 0 Å². The van der Waals surface area contributed by atoms with E-state index >= 15 is 0 Å². The van der Waals surface area contributed by atoms with Crippen molar-refractivity contribution in [1.29, 1.82) is 0 Å². The number of hydrogen-bond donors (Lipinski definition) is 1. The molecule has 0 bridgehead atoms. The van der Waals surface area contributed by atoms with Crippen molar-refractivity contribution in [2.24, 2.45) is 5.73 Å². The van der Waals surface area contributed by atoms with Crippen LogP contribution in [0.2, 0.25) is 0 Å². The third-order valence-corrected chi connectivity index (χ3v) is 3.63. The van der Waals surface area contributed by atoms with Crippen molar-refractivity contribution in [3.8, 4) is 5.75 Å². The van der Waals surface area contributed by atoms with E-state index in [1.54, 1.807) is 0 Å². The van der Waals surface area contributed by atoms with Gasteiger partial charge in [0.1, 0.15) is 12.4 Å². The van der Waals surface area contributed by atoms with E-state index in [2.05, 4.69) is 31.9 Å². The first-order valence-electron chi connectivity index (χ1n) is 5.55. The fourth-order valence-electron chi connectivity index (χ4n) is 1.58. The number of benzene rings is 2. The topological polar surface area (TPSA) is 35.2 Å². The highest BCUT2D eigenvalue weighted by molar-refractivity contribution is 9.10. The van der Waals surface area contributed by atoms with Gasteiger partial charge in [0, 0.05) is 11.0 Å². The van der Waals surface area contributed by atoms with Crippen LogP contribution in [-0.4, -0.2) is 0 Å². The Labute approximate surface area is 123 Å². The molecular weight excluding hydrogens is 358 g/mol. The molecule has 0 amide bonds. The molecule has 0 atom stereocenters. The molecule has 0 aliphatic carbocycles. The molecule has 0 aromatic heterocycles. The lowest BCUT2D eigenvalue weighted by Crippen LogP contribution is -1.99. The van der Waals surface area contributed by atoms with E-state index in [1.807, 2.05) is 42.5 Å². The van der Waals surface area contributed by atoms with E-state index in [1.165, 1.54) is 0 Å². The Morgan fingerprint density at radius 1 is 1.00 bits per heavy atom. The van der Waals surface area contributed by atoms with Crippen LogP contribution in [0, 0.1) is 0 Å². The third-order valence-electron chi connectivity index (χ3n) is 2.52. The van der Waals surface area contributed by atoms with Gasteiger partial charge in [-0.1, -0.05) is 34.1 Å². The second-order valence-corrected chi connectivity index (χ2v) is 5.66. The maximum absolute atomic E-state index is 5.77. The molecule has 2 N–H and O–H groups in total. The van der Waals surface area contributed by atoms with Crippen molar-refractivity contribution < 1.29 is 4.74 Å². The number of nitrogens with two attached hydrogens (primary N) is 1. The monoisotopic (exact) mass is 369 g/mol. The summed E-state index contributed by atoms with van der Waals surface area (Å²) in [7, 11) is 0. The molecule has 4 heteroatoms. The van der Waals surface area contributed by atoms with Crippen LogP contribution < -0.4 is 10.5 Å². The molecule has 0 radical (unpaired) electrons. The maximum Gasteiger partial charge on any atom is 0.134 e. The minimum absolute atomic E-state index is 0.532. The number of hydrogen-bond acceptors (Lipinski definition) is 2. The molecule has 2 rings (SSSR count). The first-order valence-corrected chi connectivity index (χ1v) is 7.13. The zero-order valence-corrected chi connectivity index (χ0v) is 12.9. The standard InChI is InChI=1S/C14H13Br2NO/c15-12-3-1-2-11(6-12)9-18-14-5-4-10(8-17)7-13(14)16/h1-7H,8-9,17H2. The Hall–Kier alpha value is -0.840. The normalized spacial score (nSPS) is 10.4. The lowest BCUT2D eigenvalue weighted by Gasteiger charge is -2.09. The molecule has 0 aliphatic rings. The molecule has 2 aromatic carbocycles. The van der Waals surface area contributed by atoms with Crippen LogP contribution >= 0.6 is 31.9 Å². The summed E-state index contributed by atoms with van der Waals surface area (Å²) in [6, 6.07) is 14.0. The molecule has 0 heterocycles. The molecule has 0 spiro atoms. The van der Waals surface area contributed by atoms with E-state index in [9.17, 15) is 0 Å². The molecule has 0 fully saturated rings. The Morgan fingerprint density at radius 2 is 1.83 bits per heavy atom. The highest BCUT2D eigenvalue weighted by Gasteiger charge is 2.03. The molecule has 2 nitrogen and oxygen atoms in total. The number of ether oxygens (including phenoxy) is 1. The predicted octanol–water partition coefficient (Wildman–Crippen LogP) is 4.25. The quantitative estimate of drug-likeness (QED) is 0.873. The van der Waals surface area contributed by atoms with E-state index in [0.717, 1.165) is 25.8 Å². The van der Waals surface area contributed by atoms with Gasteiger partial charge in [0.05, 0.1) is 4.47 Å². The largest absolute Gasteiger partial charge is 0.488 e. The Balaban J connectivity index is 2.06. The van der Waals surface area contributed by atoms with E-state index in [4.69, 9.17) is 10.5 Å². The molecule has 94 valence electrons. The summed E-state index contributed by atoms with van der Waals surface area (Å²) < 4.78 is 7.76. The molecular formula is C14H13Br2NO. The molecule has 0 saturated heterocycles. The van der Waals surface area contributed by atoms with Crippen molar-refractivity contribution >= 4 is 31.9 Å². The summed E-state index contributed by atoms with van der Waals surface area (Å²) in [5.74, 6) is 0.826. The van der Waals surface area contributed by atoms with Crippen LogP contribution in [-0.2, 0) is 13.2 Å². The van der Waals surface area contributed by atoms with Gasteiger partial charge in [0.2, 0.25) is 0 Å². The summed E-state index contributed by atoms with van der Waals surface area (Å²) >= 11 is 6.93. The maximum atomic E-state index is 5.77. The average molecular weight is 371 g/mol. The van der Waals surface area contributed by atoms with Gasteiger partial charge in [-0.05, 0) is 51.3 Å². The summed E-state index contributed by atoms with van der Waals surface area (Å²) in [4.78, 5) is 0. The summed E-state index contributed by atoms with van der Waals surface area (Å²) in [6.45, 7) is 1.07. The Morgan fingerprint density at radius 3 is 2.50 bits per heavy atom. The highest BCUT2D eigenvalue weighted by atomic mass is 79.9. The molecule has 0 unspecified atom stereocenters. The SMILES string of the molecule is NCc1ccc(OCc2cccc(Br)c2)c(Br)c1. The fraction of sp³-hybridized carbons (Fsp3) is 0.143. The third kappa shape index (κ3) is 3.57. The van der Waals surface area contributed by atoms with Crippen molar-refractivity contribution in [3.63, 3.8) is 0 Å². The van der Waals surface area contributed by atoms with Gasteiger partial charge in [-0.3, -0.25) is 0 Å². The van der Waals surface area contributed by atoms with E-state index in [0.29, 0.717) is 13.2 Å². The van der Waals surface area contributed by atoms with Crippen LogP contribution in [0.3, 0.4) is 0 Å². The molecule has 2 aromatic rings. The van der Waals surface area contributed by atoms with Gasteiger partial charge in [-0.15, -0.1) is 0 Å². The highest BCUT2D eigenvalue weighted by Crippen LogP contribution is 2.27. The van der Waals surface area contributed by atoms with Gasteiger partial charge in [0.25, 0.3) is 0 Å². The number of halogens is 2. The summed E-state index contributed by atoms with van der Waals surface area (Å²) in [5.41, 5.74) is 7.79. The van der Waals surface area contributed by atoms with Crippen LogP contribution in [0.1, 0.15) is 11.1 Å². The van der Waals surface area contributed by atoms with Gasteiger partial charge in [0.15, 0.2) is 0 Å². The Bertz CT molecular complexity index is 543. The smallest absolute Gasteiger partial charge is 0.134 e. The molecule has 18 heavy (non-hydrogen) atoms. The van der Waals surface area contributed by atoms with Crippen LogP contribution in [0.5, 0.6) is 5.75 Å². The van der Waals surface area contributed by atoms with Gasteiger partial charge >= 0.3 is 0 Å².